The van der Waals surface area contributed by atoms with E-state index in [1.165, 1.54) is 12.1 Å². The standard InChI is InChI=1S/C19H23FN2O2/c1-14-13-21-10-11-22(14)15(2)18-12-16(20)8-9-19(18)24-23-17-6-4-3-5-7-17/h3-9,12,14-15,21H,10-11,13H2,1-2H3. The summed E-state index contributed by atoms with van der Waals surface area (Å²) in [7, 11) is 0. The van der Waals surface area contributed by atoms with Gasteiger partial charge in [0.25, 0.3) is 0 Å². The fourth-order valence-electron chi connectivity index (χ4n) is 3.10. The predicted octanol–water partition coefficient (Wildman–Crippen LogP) is 3.55. The Labute approximate surface area is 142 Å². The Bertz CT molecular complexity index is 666. The molecule has 1 heterocycles. The van der Waals surface area contributed by atoms with Gasteiger partial charge in [0.05, 0.1) is 0 Å². The molecular weight excluding hydrogens is 307 g/mol. The molecule has 1 N–H and O–H groups in total. The highest BCUT2D eigenvalue weighted by molar-refractivity contribution is 5.36. The van der Waals surface area contributed by atoms with Crippen LogP contribution >= 0.6 is 0 Å². The number of nitrogens with one attached hydrogen (secondary N) is 1. The van der Waals surface area contributed by atoms with E-state index in [2.05, 4.69) is 24.1 Å². The molecule has 0 spiro atoms. The molecule has 3 rings (SSSR count). The number of halogens is 1. The molecule has 2 aromatic rings. The second-order valence-corrected chi connectivity index (χ2v) is 6.13. The average Bonchev–Trinajstić information content (AvgIpc) is 2.61. The molecule has 0 saturated carbocycles. The van der Waals surface area contributed by atoms with Crippen LogP contribution in [0.5, 0.6) is 11.5 Å². The average molecular weight is 330 g/mol. The highest BCUT2D eigenvalue weighted by atomic mass is 19.1. The summed E-state index contributed by atoms with van der Waals surface area (Å²) in [6.45, 7) is 7.02. The lowest BCUT2D eigenvalue weighted by atomic mass is 10.0. The Kier molecular flexibility index (Phi) is 5.33. The Balaban J connectivity index is 1.79. The lowest BCUT2D eigenvalue weighted by molar-refractivity contribution is -0.102. The lowest BCUT2D eigenvalue weighted by Crippen LogP contribution is -2.50. The zero-order valence-electron chi connectivity index (χ0n) is 14.0. The number of piperazine rings is 1. The van der Waals surface area contributed by atoms with Gasteiger partial charge in [-0.3, -0.25) is 14.7 Å². The molecule has 1 aliphatic rings. The number of rotatable bonds is 5. The van der Waals surface area contributed by atoms with Crippen molar-refractivity contribution in [3.8, 4) is 11.5 Å². The van der Waals surface area contributed by atoms with Gasteiger partial charge in [-0.15, -0.1) is 0 Å². The molecule has 0 bridgehead atoms. The molecule has 2 aromatic carbocycles. The van der Waals surface area contributed by atoms with Crippen LogP contribution in [0.3, 0.4) is 0 Å². The van der Waals surface area contributed by atoms with Crippen molar-refractivity contribution in [2.45, 2.75) is 25.9 Å². The van der Waals surface area contributed by atoms with E-state index in [0.717, 1.165) is 25.2 Å². The molecule has 0 amide bonds. The predicted molar refractivity (Wildman–Crippen MR) is 91.6 cm³/mol. The maximum Gasteiger partial charge on any atom is 0.183 e. The quantitative estimate of drug-likeness (QED) is 0.671. The van der Waals surface area contributed by atoms with Gasteiger partial charge in [0.2, 0.25) is 0 Å². The Morgan fingerprint density at radius 2 is 1.96 bits per heavy atom. The minimum atomic E-state index is -0.272. The summed E-state index contributed by atoms with van der Waals surface area (Å²) >= 11 is 0. The van der Waals surface area contributed by atoms with Crippen molar-refractivity contribution < 1.29 is 14.2 Å². The molecule has 0 radical (unpaired) electrons. The van der Waals surface area contributed by atoms with E-state index in [1.807, 2.05) is 30.3 Å². The van der Waals surface area contributed by atoms with E-state index in [-0.39, 0.29) is 11.9 Å². The van der Waals surface area contributed by atoms with Crippen LogP contribution in [0, 0.1) is 5.82 Å². The molecule has 1 fully saturated rings. The second kappa shape index (κ2) is 7.64. The summed E-state index contributed by atoms with van der Waals surface area (Å²) in [6, 6.07) is 14.2. The molecule has 0 aromatic heterocycles. The van der Waals surface area contributed by atoms with Gasteiger partial charge in [0.1, 0.15) is 5.82 Å². The number of nitrogens with zero attached hydrogens (tertiary/aromatic N) is 1. The normalized spacial score (nSPS) is 19.7. The molecule has 128 valence electrons. The van der Waals surface area contributed by atoms with Crippen LogP contribution in [-0.4, -0.2) is 30.6 Å². The number of hydrogen-bond acceptors (Lipinski definition) is 4. The summed E-state index contributed by atoms with van der Waals surface area (Å²) in [4.78, 5) is 13.2. The van der Waals surface area contributed by atoms with Crippen molar-refractivity contribution >= 4 is 0 Å². The van der Waals surface area contributed by atoms with Crippen LogP contribution in [0.15, 0.2) is 48.5 Å². The van der Waals surface area contributed by atoms with Gasteiger partial charge in [0.15, 0.2) is 11.5 Å². The third kappa shape index (κ3) is 3.86. The third-order valence-corrected chi connectivity index (χ3v) is 4.44. The molecule has 4 nitrogen and oxygen atoms in total. The Morgan fingerprint density at radius 3 is 2.71 bits per heavy atom. The largest absolute Gasteiger partial charge is 0.314 e. The zero-order valence-corrected chi connectivity index (χ0v) is 14.0. The first-order valence-corrected chi connectivity index (χ1v) is 8.30. The highest BCUT2D eigenvalue weighted by Crippen LogP contribution is 2.32. The van der Waals surface area contributed by atoms with Gasteiger partial charge < -0.3 is 5.32 Å². The van der Waals surface area contributed by atoms with Gasteiger partial charge in [-0.1, -0.05) is 18.2 Å². The summed E-state index contributed by atoms with van der Waals surface area (Å²) in [5, 5.41) is 3.37. The maximum atomic E-state index is 13.8. The smallest absolute Gasteiger partial charge is 0.183 e. The summed E-state index contributed by atoms with van der Waals surface area (Å²) in [5.41, 5.74) is 0.791. The molecule has 24 heavy (non-hydrogen) atoms. The Morgan fingerprint density at radius 1 is 1.17 bits per heavy atom. The van der Waals surface area contributed by atoms with Crippen LogP contribution in [0.4, 0.5) is 4.39 Å². The summed E-state index contributed by atoms with van der Waals surface area (Å²) in [6.07, 6.45) is 0. The van der Waals surface area contributed by atoms with E-state index in [4.69, 9.17) is 9.78 Å². The molecule has 1 saturated heterocycles. The molecule has 5 heteroatoms. The Hall–Kier alpha value is -2.11. The second-order valence-electron chi connectivity index (χ2n) is 6.13. The zero-order chi connectivity index (χ0) is 16.9. The van der Waals surface area contributed by atoms with Crippen molar-refractivity contribution in [1.29, 1.82) is 0 Å². The maximum absolute atomic E-state index is 13.8. The van der Waals surface area contributed by atoms with Crippen LogP contribution in [0.1, 0.15) is 25.5 Å². The van der Waals surface area contributed by atoms with E-state index in [0.29, 0.717) is 17.5 Å². The number of benzene rings is 2. The van der Waals surface area contributed by atoms with Crippen molar-refractivity contribution in [1.82, 2.24) is 10.2 Å². The fraction of sp³-hybridized carbons (Fsp3) is 0.368. The number of hydrogen-bond donors (Lipinski definition) is 1. The molecular formula is C19H23FN2O2. The first-order valence-electron chi connectivity index (χ1n) is 8.30. The minimum absolute atomic E-state index is 0.0344. The summed E-state index contributed by atoms with van der Waals surface area (Å²) in [5.74, 6) is 0.876. The first kappa shape index (κ1) is 16.7. The summed E-state index contributed by atoms with van der Waals surface area (Å²) < 4.78 is 13.8. The van der Waals surface area contributed by atoms with Crippen molar-refractivity contribution in [3.05, 3.63) is 59.9 Å². The van der Waals surface area contributed by atoms with Crippen molar-refractivity contribution in [3.63, 3.8) is 0 Å². The van der Waals surface area contributed by atoms with Gasteiger partial charge in [0, 0.05) is 37.3 Å². The van der Waals surface area contributed by atoms with E-state index >= 15 is 0 Å². The van der Waals surface area contributed by atoms with Crippen LogP contribution < -0.4 is 15.1 Å². The van der Waals surface area contributed by atoms with E-state index in [9.17, 15) is 4.39 Å². The van der Waals surface area contributed by atoms with Crippen LogP contribution in [0.25, 0.3) is 0 Å². The molecule has 0 aliphatic carbocycles. The van der Waals surface area contributed by atoms with Gasteiger partial charge >= 0.3 is 0 Å². The third-order valence-electron chi connectivity index (χ3n) is 4.44. The monoisotopic (exact) mass is 330 g/mol. The van der Waals surface area contributed by atoms with E-state index < -0.39 is 0 Å². The first-order chi connectivity index (χ1) is 11.6. The van der Waals surface area contributed by atoms with Crippen LogP contribution in [-0.2, 0) is 0 Å². The van der Waals surface area contributed by atoms with Crippen LogP contribution in [0.2, 0.25) is 0 Å². The van der Waals surface area contributed by atoms with E-state index in [1.54, 1.807) is 6.07 Å². The SMILES string of the molecule is CC1CNCCN1C(C)c1cc(F)ccc1OOc1ccccc1. The molecule has 2 atom stereocenters. The highest BCUT2D eigenvalue weighted by Gasteiger charge is 2.26. The van der Waals surface area contributed by atoms with Gasteiger partial charge in [-0.05, 0) is 44.2 Å². The molecule has 2 unspecified atom stereocenters. The molecule has 1 aliphatic heterocycles. The lowest BCUT2D eigenvalue weighted by Gasteiger charge is -2.38. The van der Waals surface area contributed by atoms with Gasteiger partial charge in [-0.25, -0.2) is 4.39 Å². The van der Waals surface area contributed by atoms with Gasteiger partial charge in [-0.2, -0.15) is 0 Å². The van der Waals surface area contributed by atoms with Crippen molar-refractivity contribution in [2.75, 3.05) is 19.6 Å². The topological polar surface area (TPSA) is 33.7 Å². The van der Waals surface area contributed by atoms with Crippen molar-refractivity contribution in [2.24, 2.45) is 0 Å². The number of para-hydroxylation sites is 1. The fourth-order valence-corrected chi connectivity index (χ4v) is 3.10. The minimum Gasteiger partial charge on any atom is -0.314 e.